The number of carboxylic acid groups (broad SMARTS) is 1. The third-order valence-corrected chi connectivity index (χ3v) is 2.26. The molecule has 0 amide bonds. The average Bonchev–Trinajstić information content (AvgIpc) is 1.82. The number of hydrogen-bond acceptors (Lipinski definition) is 3. The highest BCUT2D eigenvalue weighted by Gasteiger charge is 2.05. The molecule has 0 aromatic heterocycles. The number of aliphatic carboxylic acids is 1. The Morgan fingerprint density at radius 2 is 2.09 bits per heavy atom. The molecule has 5 heteroatoms. The summed E-state index contributed by atoms with van der Waals surface area (Å²) in [5.41, 5.74) is 0. The number of rotatable bonds is 5. The van der Waals surface area contributed by atoms with Crippen LogP contribution in [-0.4, -0.2) is 52.3 Å². The largest absolute Gasteiger partial charge is 0.481 e. The SMILES string of the molecule is CN(C)CCS(=O)CC(=O)O. The van der Waals surface area contributed by atoms with Crippen LogP contribution in [-0.2, 0) is 15.6 Å². The fourth-order valence-corrected chi connectivity index (χ4v) is 1.48. The first-order valence-corrected chi connectivity index (χ1v) is 4.72. The molecule has 0 saturated carbocycles. The lowest BCUT2D eigenvalue weighted by Gasteiger charge is -2.07. The van der Waals surface area contributed by atoms with Crippen molar-refractivity contribution in [2.24, 2.45) is 0 Å². The van der Waals surface area contributed by atoms with E-state index in [2.05, 4.69) is 0 Å². The van der Waals surface area contributed by atoms with Gasteiger partial charge in [0.25, 0.3) is 0 Å². The topological polar surface area (TPSA) is 57.6 Å². The van der Waals surface area contributed by atoms with Crippen LogP contribution in [0.25, 0.3) is 0 Å². The van der Waals surface area contributed by atoms with E-state index in [0.29, 0.717) is 12.3 Å². The molecule has 1 unspecified atom stereocenters. The standard InChI is InChI=1S/C6H13NO3S/c1-7(2)3-4-11(10)5-6(8)9/h3-5H2,1-2H3,(H,8,9). The highest BCUT2D eigenvalue weighted by Crippen LogP contribution is 1.84. The predicted octanol–water partition coefficient (Wildman–Crippen LogP) is -0.619. The van der Waals surface area contributed by atoms with E-state index in [1.807, 2.05) is 19.0 Å². The minimum Gasteiger partial charge on any atom is -0.481 e. The van der Waals surface area contributed by atoms with Gasteiger partial charge in [-0.2, -0.15) is 0 Å². The molecule has 0 bridgehead atoms. The summed E-state index contributed by atoms with van der Waals surface area (Å²) < 4.78 is 10.9. The van der Waals surface area contributed by atoms with Crippen LogP contribution in [0.5, 0.6) is 0 Å². The van der Waals surface area contributed by atoms with E-state index in [0.717, 1.165) is 0 Å². The Labute approximate surface area is 68.7 Å². The van der Waals surface area contributed by atoms with Crippen molar-refractivity contribution in [3.8, 4) is 0 Å². The number of hydrogen-bond donors (Lipinski definition) is 1. The smallest absolute Gasteiger partial charge is 0.316 e. The Morgan fingerprint density at radius 1 is 1.55 bits per heavy atom. The van der Waals surface area contributed by atoms with Gasteiger partial charge in [0.1, 0.15) is 5.75 Å². The average molecular weight is 179 g/mol. The predicted molar refractivity (Wildman–Crippen MR) is 44.1 cm³/mol. The second-order valence-corrected chi connectivity index (χ2v) is 4.06. The molecule has 0 saturated heterocycles. The maximum atomic E-state index is 10.9. The zero-order valence-electron chi connectivity index (χ0n) is 6.74. The van der Waals surface area contributed by atoms with Gasteiger partial charge >= 0.3 is 5.97 Å². The molecule has 0 fully saturated rings. The van der Waals surface area contributed by atoms with E-state index in [4.69, 9.17) is 5.11 Å². The van der Waals surface area contributed by atoms with Gasteiger partial charge in [-0.1, -0.05) is 0 Å². The van der Waals surface area contributed by atoms with Gasteiger partial charge in [0.2, 0.25) is 0 Å². The summed E-state index contributed by atoms with van der Waals surface area (Å²) in [6.45, 7) is 0.667. The molecule has 0 aliphatic rings. The van der Waals surface area contributed by atoms with Gasteiger partial charge in [-0.3, -0.25) is 9.00 Å². The molecule has 0 aliphatic carbocycles. The quantitative estimate of drug-likeness (QED) is 0.611. The summed E-state index contributed by atoms with van der Waals surface area (Å²) in [4.78, 5) is 11.9. The summed E-state index contributed by atoms with van der Waals surface area (Å²) in [6.07, 6.45) is 0. The number of carbonyl (C=O) groups is 1. The van der Waals surface area contributed by atoms with Gasteiger partial charge in [0.05, 0.1) is 0 Å². The highest BCUT2D eigenvalue weighted by molar-refractivity contribution is 7.85. The van der Waals surface area contributed by atoms with Crippen molar-refractivity contribution in [1.82, 2.24) is 4.90 Å². The third kappa shape index (κ3) is 7.48. The van der Waals surface area contributed by atoms with Crippen molar-refractivity contribution < 1.29 is 14.1 Å². The highest BCUT2D eigenvalue weighted by atomic mass is 32.2. The van der Waals surface area contributed by atoms with Crippen LogP contribution in [0.4, 0.5) is 0 Å². The molecule has 1 atom stereocenters. The van der Waals surface area contributed by atoms with Gasteiger partial charge in [-0.25, -0.2) is 0 Å². The Kier molecular flexibility index (Phi) is 5.06. The zero-order valence-corrected chi connectivity index (χ0v) is 7.56. The van der Waals surface area contributed by atoms with Crippen LogP contribution in [0.2, 0.25) is 0 Å². The van der Waals surface area contributed by atoms with E-state index in [9.17, 15) is 9.00 Å². The summed E-state index contributed by atoms with van der Waals surface area (Å²) in [5, 5.41) is 8.24. The summed E-state index contributed by atoms with van der Waals surface area (Å²) >= 11 is 0. The van der Waals surface area contributed by atoms with E-state index < -0.39 is 16.8 Å². The third-order valence-electron chi connectivity index (χ3n) is 1.05. The van der Waals surface area contributed by atoms with Gasteiger partial charge < -0.3 is 10.0 Å². The van der Waals surface area contributed by atoms with Crippen molar-refractivity contribution in [1.29, 1.82) is 0 Å². The second-order valence-electron chi connectivity index (χ2n) is 2.49. The van der Waals surface area contributed by atoms with Gasteiger partial charge in [-0.05, 0) is 14.1 Å². The van der Waals surface area contributed by atoms with E-state index in [1.54, 1.807) is 0 Å². The van der Waals surface area contributed by atoms with E-state index >= 15 is 0 Å². The van der Waals surface area contributed by atoms with E-state index in [-0.39, 0.29) is 5.75 Å². The zero-order chi connectivity index (χ0) is 8.85. The summed E-state index contributed by atoms with van der Waals surface area (Å²) in [7, 11) is 2.51. The molecule has 1 N–H and O–H groups in total. The minimum atomic E-state index is -1.21. The Hall–Kier alpha value is -0.420. The molecule has 66 valence electrons. The van der Waals surface area contributed by atoms with Crippen molar-refractivity contribution >= 4 is 16.8 Å². The number of nitrogens with zero attached hydrogens (tertiary/aromatic N) is 1. The molecule has 0 aromatic carbocycles. The van der Waals surface area contributed by atoms with Crippen LogP contribution in [0.15, 0.2) is 0 Å². The van der Waals surface area contributed by atoms with Crippen molar-refractivity contribution in [2.45, 2.75) is 0 Å². The molecule has 0 aromatic rings. The normalized spacial score (nSPS) is 13.4. The van der Waals surface area contributed by atoms with Gasteiger partial charge in [-0.15, -0.1) is 0 Å². The fourth-order valence-electron chi connectivity index (χ4n) is 0.494. The van der Waals surface area contributed by atoms with Crippen molar-refractivity contribution in [2.75, 3.05) is 32.1 Å². The summed E-state index contributed by atoms with van der Waals surface area (Å²) in [6, 6.07) is 0. The lowest BCUT2D eigenvalue weighted by atomic mass is 10.7. The maximum absolute atomic E-state index is 10.9. The molecular formula is C6H13NO3S. The van der Waals surface area contributed by atoms with E-state index in [1.165, 1.54) is 0 Å². The van der Waals surface area contributed by atoms with Crippen LogP contribution in [0.1, 0.15) is 0 Å². The molecule has 4 nitrogen and oxygen atoms in total. The molecule has 0 rings (SSSR count). The molecular weight excluding hydrogens is 166 g/mol. The lowest BCUT2D eigenvalue weighted by molar-refractivity contribution is -0.133. The Bertz CT molecular complexity index is 158. The molecule has 0 spiro atoms. The fraction of sp³-hybridized carbons (Fsp3) is 0.833. The minimum absolute atomic E-state index is 0.242. The maximum Gasteiger partial charge on any atom is 0.316 e. The first kappa shape index (κ1) is 10.6. The van der Waals surface area contributed by atoms with Crippen LogP contribution >= 0.6 is 0 Å². The lowest BCUT2D eigenvalue weighted by Crippen LogP contribution is -2.22. The van der Waals surface area contributed by atoms with Crippen LogP contribution in [0.3, 0.4) is 0 Å². The number of carboxylic acids is 1. The first-order chi connectivity index (χ1) is 5.02. The van der Waals surface area contributed by atoms with Crippen LogP contribution < -0.4 is 0 Å². The van der Waals surface area contributed by atoms with Crippen LogP contribution in [0, 0.1) is 0 Å². The summed E-state index contributed by atoms with van der Waals surface area (Å²) in [5.74, 6) is -0.810. The Morgan fingerprint density at radius 3 is 2.45 bits per heavy atom. The van der Waals surface area contributed by atoms with Gasteiger partial charge in [0.15, 0.2) is 0 Å². The second kappa shape index (κ2) is 5.26. The molecule has 11 heavy (non-hydrogen) atoms. The monoisotopic (exact) mass is 179 g/mol. The first-order valence-electron chi connectivity index (χ1n) is 3.24. The molecule has 0 heterocycles. The van der Waals surface area contributed by atoms with Crippen molar-refractivity contribution in [3.05, 3.63) is 0 Å². The molecule has 0 radical (unpaired) electrons. The molecule has 0 aliphatic heterocycles. The van der Waals surface area contributed by atoms with Crippen molar-refractivity contribution in [3.63, 3.8) is 0 Å². The Balaban J connectivity index is 3.46. The van der Waals surface area contributed by atoms with Gasteiger partial charge in [0, 0.05) is 23.1 Å².